The van der Waals surface area contributed by atoms with E-state index in [-0.39, 0.29) is 4.32 Å². The molecular weight excluding hydrogens is 434 g/mol. The number of nitrogens with zero attached hydrogens (tertiary/aromatic N) is 1. The first-order valence-corrected chi connectivity index (χ1v) is 11.0. The molecule has 0 aliphatic carbocycles. The molecule has 31 heavy (non-hydrogen) atoms. The molecule has 1 N–H and O–H groups in total. The number of thiocarbonyl (C=S) groups is 1. The molecule has 8 heteroatoms. The number of carbonyl (C=O) groups excluding carboxylic acids is 1. The molecule has 0 bridgehead atoms. The minimum Gasteiger partial charge on any atom is -0.493 e. The summed E-state index contributed by atoms with van der Waals surface area (Å²) in [7, 11) is 1.56. The van der Waals surface area contributed by atoms with Crippen LogP contribution in [0.2, 0.25) is 0 Å². The Labute approximate surface area is 190 Å². The van der Waals surface area contributed by atoms with Crippen LogP contribution in [0, 0.1) is 0 Å². The number of unbranched alkanes of at least 4 members (excludes halogenated alkanes) is 1. The van der Waals surface area contributed by atoms with Crippen molar-refractivity contribution < 1.29 is 24.2 Å². The summed E-state index contributed by atoms with van der Waals surface area (Å²) in [5, 5.41) is 9.77. The number of thioether (sulfide) groups is 1. The van der Waals surface area contributed by atoms with Crippen molar-refractivity contribution in [3.05, 3.63) is 64.6 Å². The zero-order chi connectivity index (χ0) is 22.4. The van der Waals surface area contributed by atoms with E-state index >= 15 is 0 Å². The lowest BCUT2D eigenvalue weighted by Gasteiger charge is -2.23. The van der Waals surface area contributed by atoms with E-state index in [0.29, 0.717) is 28.6 Å². The van der Waals surface area contributed by atoms with Crippen molar-refractivity contribution >= 4 is 46.3 Å². The Morgan fingerprint density at radius 3 is 2.61 bits per heavy atom. The van der Waals surface area contributed by atoms with Crippen LogP contribution in [-0.4, -0.2) is 39.9 Å². The Morgan fingerprint density at radius 1 is 1.23 bits per heavy atom. The molecule has 1 atom stereocenters. The van der Waals surface area contributed by atoms with E-state index in [4.69, 9.17) is 21.7 Å². The van der Waals surface area contributed by atoms with E-state index in [0.717, 1.165) is 35.1 Å². The third kappa shape index (κ3) is 5.26. The van der Waals surface area contributed by atoms with Crippen LogP contribution in [0.15, 0.2) is 53.4 Å². The summed E-state index contributed by atoms with van der Waals surface area (Å²) in [5.41, 5.74) is 1.22. The van der Waals surface area contributed by atoms with Crippen LogP contribution in [0.25, 0.3) is 6.08 Å². The fourth-order valence-corrected chi connectivity index (χ4v) is 4.42. The van der Waals surface area contributed by atoms with Gasteiger partial charge in [-0.3, -0.25) is 9.69 Å². The molecule has 0 spiro atoms. The Morgan fingerprint density at radius 2 is 1.97 bits per heavy atom. The van der Waals surface area contributed by atoms with Gasteiger partial charge in [-0.05, 0) is 35.8 Å². The van der Waals surface area contributed by atoms with Gasteiger partial charge in [0.25, 0.3) is 5.91 Å². The lowest BCUT2D eigenvalue weighted by Crippen LogP contribution is -2.37. The van der Waals surface area contributed by atoms with Gasteiger partial charge in [0.1, 0.15) is 4.32 Å². The van der Waals surface area contributed by atoms with Crippen LogP contribution in [0.5, 0.6) is 11.5 Å². The third-order valence-corrected chi connectivity index (χ3v) is 6.00. The predicted octanol–water partition coefficient (Wildman–Crippen LogP) is 4.90. The molecule has 1 aliphatic rings. The zero-order valence-corrected chi connectivity index (χ0v) is 18.9. The number of hydrogen-bond donors (Lipinski definition) is 1. The smallest absolute Gasteiger partial charge is 0.331 e. The first-order valence-electron chi connectivity index (χ1n) is 9.82. The van der Waals surface area contributed by atoms with Gasteiger partial charge in [-0.25, -0.2) is 4.79 Å². The van der Waals surface area contributed by atoms with Gasteiger partial charge in [-0.1, -0.05) is 73.7 Å². The number of methoxy groups -OCH3 is 1. The molecule has 3 rings (SSSR count). The minimum atomic E-state index is -1.18. The number of aliphatic carboxylic acids is 1. The molecule has 1 fully saturated rings. The zero-order valence-electron chi connectivity index (χ0n) is 17.2. The number of ether oxygens (including phenoxy) is 2. The standard InChI is InChI=1S/C23H23NO5S2/c1-3-4-12-29-17-11-10-15(13-18(17)28-2)14-19-21(25)24(23(30)31-19)20(22(26)27)16-8-6-5-7-9-16/h5-11,13-14,20H,3-4,12H2,1-2H3,(H,26,27)/b19-14-/t20-/m0/s1. The number of rotatable bonds is 9. The number of amides is 1. The summed E-state index contributed by atoms with van der Waals surface area (Å²) in [4.78, 5) is 26.5. The highest BCUT2D eigenvalue weighted by Crippen LogP contribution is 2.39. The maximum atomic E-state index is 13.1. The minimum absolute atomic E-state index is 0.207. The van der Waals surface area contributed by atoms with E-state index in [2.05, 4.69) is 6.92 Å². The van der Waals surface area contributed by atoms with Gasteiger partial charge >= 0.3 is 5.97 Å². The molecule has 1 heterocycles. The SMILES string of the molecule is CCCCOc1ccc(/C=C2\SC(=S)N([C@H](C(=O)O)c3ccccc3)C2=O)cc1OC. The van der Waals surface area contributed by atoms with Crippen molar-refractivity contribution in [1.82, 2.24) is 4.90 Å². The van der Waals surface area contributed by atoms with Crippen molar-refractivity contribution in [3.8, 4) is 11.5 Å². The van der Waals surface area contributed by atoms with E-state index in [1.165, 1.54) is 0 Å². The second kappa shape index (κ2) is 10.5. The number of benzene rings is 2. The monoisotopic (exact) mass is 457 g/mol. The molecule has 2 aromatic rings. The van der Waals surface area contributed by atoms with Crippen LogP contribution in [0.4, 0.5) is 0 Å². The van der Waals surface area contributed by atoms with Crippen LogP contribution >= 0.6 is 24.0 Å². The number of carbonyl (C=O) groups is 2. The average molecular weight is 458 g/mol. The lowest BCUT2D eigenvalue weighted by atomic mass is 10.1. The van der Waals surface area contributed by atoms with Gasteiger partial charge in [0, 0.05) is 0 Å². The van der Waals surface area contributed by atoms with Crippen LogP contribution in [0.1, 0.15) is 36.9 Å². The molecule has 6 nitrogen and oxygen atoms in total. The number of carboxylic acid groups (broad SMARTS) is 1. The van der Waals surface area contributed by atoms with Gasteiger partial charge in [0.05, 0.1) is 18.6 Å². The summed E-state index contributed by atoms with van der Waals surface area (Å²) >= 11 is 6.44. The molecule has 2 aromatic carbocycles. The average Bonchev–Trinajstić information content (AvgIpc) is 3.03. The topological polar surface area (TPSA) is 76.1 Å². The Kier molecular flexibility index (Phi) is 7.70. The van der Waals surface area contributed by atoms with Crippen LogP contribution < -0.4 is 9.47 Å². The first kappa shape index (κ1) is 22.8. The molecule has 1 saturated heterocycles. The highest BCUT2D eigenvalue weighted by atomic mass is 32.2. The maximum Gasteiger partial charge on any atom is 0.331 e. The summed E-state index contributed by atoms with van der Waals surface area (Å²) in [6.45, 7) is 2.69. The number of hydrogen-bond acceptors (Lipinski definition) is 6. The van der Waals surface area contributed by atoms with Crippen LogP contribution in [0.3, 0.4) is 0 Å². The fourth-order valence-electron chi connectivity index (χ4n) is 3.11. The van der Waals surface area contributed by atoms with Crippen molar-refractivity contribution in [3.63, 3.8) is 0 Å². The summed E-state index contributed by atoms with van der Waals surface area (Å²) in [6.07, 6.45) is 3.66. The van der Waals surface area contributed by atoms with Crippen molar-refractivity contribution in [1.29, 1.82) is 0 Å². The number of carboxylic acids is 1. The molecule has 162 valence electrons. The highest BCUT2D eigenvalue weighted by molar-refractivity contribution is 8.26. The molecule has 0 unspecified atom stereocenters. The Bertz CT molecular complexity index is 1010. The largest absolute Gasteiger partial charge is 0.493 e. The normalized spacial score (nSPS) is 15.9. The van der Waals surface area contributed by atoms with E-state index in [9.17, 15) is 14.7 Å². The van der Waals surface area contributed by atoms with Gasteiger partial charge in [-0.15, -0.1) is 0 Å². The molecule has 0 saturated carbocycles. The second-order valence-electron chi connectivity index (χ2n) is 6.82. The van der Waals surface area contributed by atoms with Gasteiger partial charge in [0.2, 0.25) is 0 Å². The van der Waals surface area contributed by atoms with Gasteiger partial charge in [0.15, 0.2) is 17.5 Å². The fraction of sp³-hybridized carbons (Fsp3) is 0.261. The Balaban J connectivity index is 1.87. The Hall–Kier alpha value is -2.84. The van der Waals surface area contributed by atoms with Crippen molar-refractivity contribution in [2.24, 2.45) is 0 Å². The van der Waals surface area contributed by atoms with E-state index in [1.54, 1.807) is 55.7 Å². The van der Waals surface area contributed by atoms with Crippen molar-refractivity contribution in [2.75, 3.05) is 13.7 Å². The summed E-state index contributed by atoms with van der Waals surface area (Å²) < 4.78 is 11.4. The summed E-state index contributed by atoms with van der Waals surface area (Å²) in [6, 6.07) is 12.8. The first-order chi connectivity index (χ1) is 15.0. The van der Waals surface area contributed by atoms with Gasteiger partial charge < -0.3 is 14.6 Å². The lowest BCUT2D eigenvalue weighted by molar-refractivity contribution is -0.145. The maximum absolute atomic E-state index is 13.1. The van der Waals surface area contributed by atoms with Gasteiger partial charge in [-0.2, -0.15) is 0 Å². The van der Waals surface area contributed by atoms with E-state index < -0.39 is 17.9 Å². The third-order valence-electron chi connectivity index (χ3n) is 4.67. The molecule has 1 amide bonds. The van der Waals surface area contributed by atoms with Crippen LogP contribution in [-0.2, 0) is 9.59 Å². The van der Waals surface area contributed by atoms with E-state index in [1.807, 2.05) is 6.07 Å². The molecule has 0 aromatic heterocycles. The van der Waals surface area contributed by atoms with Crippen molar-refractivity contribution in [2.45, 2.75) is 25.8 Å². The second-order valence-corrected chi connectivity index (χ2v) is 8.49. The molecular formula is C23H23NO5S2. The summed E-state index contributed by atoms with van der Waals surface area (Å²) in [5.74, 6) is -0.379. The molecule has 1 aliphatic heterocycles. The predicted molar refractivity (Wildman–Crippen MR) is 125 cm³/mol. The molecule has 0 radical (unpaired) electrons. The quantitative estimate of drug-likeness (QED) is 0.326. The highest BCUT2D eigenvalue weighted by Gasteiger charge is 2.41.